The third-order valence-electron chi connectivity index (χ3n) is 6.77. The summed E-state index contributed by atoms with van der Waals surface area (Å²) in [7, 11) is 1.98. The number of likely N-dealkylation sites (N-methyl/N-ethyl adjacent to an activating group) is 1. The lowest BCUT2D eigenvalue weighted by Crippen LogP contribution is -2.28. The van der Waals surface area contributed by atoms with E-state index in [9.17, 15) is 13.2 Å². The summed E-state index contributed by atoms with van der Waals surface area (Å²) in [5, 5.41) is 0. The van der Waals surface area contributed by atoms with Crippen LogP contribution in [0.3, 0.4) is 0 Å². The number of aromatic amines is 2. The minimum atomic E-state index is -4.77. The maximum Gasteiger partial charge on any atom is 0.573 e. The Labute approximate surface area is 249 Å². The van der Waals surface area contributed by atoms with Gasteiger partial charge in [0.1, 0.15) is 41.9 Å². The molecule has 2 aromatic carbocycles. The molecule has 0 saturated carbocycles. The van der Waals surface area contributed by atoms with Crippen LogP contribution < -0.4 is 14.2 Å². The second-order valence-electron chi connectivity index (χ2n) is 10.2. The molecule has 0 unspecified atom stereocenters. The van der Waals surface area contributed by atoms with Crippen LogP contribution in [0.4, 0.5) is 13.2 Å². The maximum atomic E-state index is 12.5. The first-order chi connectivity index (χ1) is 21.2. The van der Waals surface area contributed by atoms with Crippen LogP contribution in [0.2, 0.25) is 0 Å². The van der Waals surface area contributed by atoms with Gasteiger partial charge >= 0.3 is 6.36 Å². The summed E-state index contributed by atoms with van der Waals surface area (Å²) in [6, 6.07) is 17.2. The Balaban J connectivity index is 0.938. The molecular weight excluding hydrogens is 575 g/mol. The fourth-order valence-corrected chi connectivity index (χ4v) is 4.51. The Kier molecular flexibility index (Phi) is 8.03. The zero-order valence-electron chi connectivity index (χ0n) is 23.9. The normalized spacial score (nSPS) is 11.9. The highest BCUT2D eigenvalue weighted by molar-refractivity contribution is 5.80. The van der Waals surface area contributed by atoms with Gasteiger partial charge < -0.3 is 24.2 Å². The van der Waals surface area contributed by atoms with E-state index in [-0.39, 0.29) is 5.75 Å². The van der Waals surface area contributed by atoms with E-state index < -0.39 is 6.36 Å². The topological polar surface area (TPSA) is 114 Å². The molecule has 2 N–H and O–H groups in total. The molecule has 0 atom stereocenters. The van der Waals surface area contributed by atoms with Crippen LogP contribution in [-0.4, -0.2) is 74.5 Å². The van der Waals surface area contributed by atoms with E-state index in [2.05, 4.69) is 45.6 Å². The van der Waals surface area contributed by atoms with E-state index >= 15 is 0 Å². The molecular formula is C31H28F3N7O3. The number of ether oxygens (including phenoxy) is 3. The predicted octanol–water partition coefficient (Wildman–Crippen LogP) is 6.16. The second-order valence-corrected chi connectivity index (χ2v) is 10.2. The van der Waals surface area contributed by atoms with Gasteiger partial charge in [-0.25, -0.2) is 19.9 Å². The summed E-state index contributed by atoms with van der Waals surface area (Å²) in [5.41, 5.74) is 5.21. The monoisotopic (exact) mass is 603 g/mol. The number of nitrogens with one attached hydrogen (secondary N) is 2. The molecule has 0 spiro atoms. The number of halogens is 3. The van der Waals surface area contributed by atoms with E-state index in [0.717, 1.165) is 16.7 Å². The molecule has 0 amide bonds. The van der Waals surface area contributed by atoms with E-state index in [1.165, 1.54) is 23.8 Å². The molecule has 0 saturated heterocycles. The summed E-state index contributed by atoms with van der Waals surface area (Å²) in [6.45, 7) is 4.32. The summed E-state index contributed by atoms with van der Waals surface area (Å²) >= 11 is 0. The number of pyridine rings is 2. The average molecular weight is 604 g/mol. The van der Waals surface area contributed by atoms with E-state index in [1.807, 2.05) is 38.2 Å². The molecule has 226 valence electrons. The van der Waals surface area contributed by atoms with E-state index in [4.69, 9.17) is 9.47 Å². The van der Waals surface area contributed by atoms with Crippen molar-refractivity contribution in [2.45, 2.75) is 13.3 Å². The summed E-state index contributed by atoms with van der Waals surface area (Å²) in [5.74, 6) is 2.07. The largest absolute Gasteiger partial charge is 0.573 e. The Morgan fingerprint density at radius 2 is 1.23 bits per heavy atom. The number of aromatic nitrogens is 6. The van der Waals surface area contributed by atoms with Crippen molar-refractivity contribution in [2.24, 2.45) is 0 Å². The summed E-state index contributed by atoms with van der Waals surface area (Å²) in [4.78, 5) is 26.2. The maximum absolute atomic E-state index is 12.5. The quantitative estimate of drug-likeness (QED) is 0.181. The molecule has 13 heteroatoms. The SMILES string of the molecule is Cc1ccc2nc(-c3ccc(OCCN(C)CCOc4ccc(-c5nc6ccc(OC(F)(F)F)cc6[nH]5)nc4)cn3)[nH]c2c1. The number of nitrogens with zero attached hydrogens (tertiary/aromatic N) is 5. The number of fused-ring (bicyclic) bond motifs is 2. The van der Waals surface area contributed by atoms with Gasteiger partial charge in [-0.05, 0) is 68.1 Å². The highest BCUT2D eigenvalue weighted by atomic mass is 19.4. The number of benzene rings is 2. The van der Waals surface area contributed by atoms with Gasteiger partial charge in [-0.15, -0.1) is 13.2 Å². The molecule has 6 rings (SSSR count). The van der Waals surface area contributed by atoms with Gasteiger partial charge in [0.25, 0.3) is 0 Å². The van der Waals surface area contributed by atoms with Gasteiger partial charge in [0.15, 0.2) is 11.6 Å². The summed E-state index contributed by atoms with van der Waals surface area (Å²) in [6.07, 6.45) is -1.50. The van der Waals surface area contributed by atoms with Crippen molar-refractivity contribution in [3.63, 3.8) is 0 Å². The van der Waals surface area contributed by atoms with Crippen LogP contribution >= 0.6 is 0 Å². The number of hydrogen-bond acceptors (Lipinski definition) is 8. The molecule has 4 heterocycles. The first-order valence-corrected chi connectivity index (χ1v) is 13.8. The number of alkyl halides is 3. The van der Waals surface area contributed by atoms with Crippen LogP contribution in [0, 0.1) is 6.92 Å². The molecule has 44 heavy (non-hydrogen) atoms. The van der Waals surface area contributed by atoms with Crippen molar-refractivity contribution in [2.75, 3.05) is 33.4 Å². The number of hydrogen-bond donors (Lipinski definition) is 2. The standard InChI is InChI=1S/C31H28F3N7O3/c1-19-3-7-23-27(15-19)39-29(37-23)25-9-5-21(17-35-25)42-13-11-41(2)12-14-43-22-6-10-26(36-18-22)30-38-24-8-4-20(16-28(24)40-30)44-31(32,33)34/h3-10,15-18H,11-14H2,1-2H3,(H,37,39)(H,38,40). The third-order valence-corrected chi connectivity index (χ3v) is 6.77. The second kappa shape index (κ2) is 12.2. The minimum Gasteiger partial charge on any atom is -0.491 e. The highest BCUT2D eigenvalue weighted by Crippen LogP contribution is 2.28. The molecule has 6 aromatic rings. The number of aryl methyl sites for hydroxylation is 1. The minimum absolute atomic E-state index is 0.325. The molecule has 0 aliphatic heterocycles. The first-order valence-electron chi connectivity index (χ1n) is 13.8. The van der Waals surface area contributed by atoms with Gasteiger partial charge in [-0.2, -0.15) is 0 Å². The van der Waals surface area contributed by atoms with Crippen LogP contribution in [0.25, 0.3) is 45.1 Å². The Morgan fingerprint density at radius 3 is 1.75 bits per heavy atom. The lowest BCUT2D eigenvalue weighted by Gasteiger charge is -2.17. The molecule has 0 fully saturated rings. The molecule has 10 nitrogen and oxygen atoms in total. The fraction of sp³-hybridized carbons (Fsp3) is 0.226. The van der Waals surface area contributed by atoms with Crippen LogP contribution in [0.15, 0.2) is 73.1 Å². The highest BCUT2D eigenvalue weighted by Gasteiger charge is 2.31. The summed E-state index contributed by atoms with van der Waals surface area (Å²) < 4.78 is 53.2. The Morgan fingerprint density at radius 1 is 0.705 bits per heavy atom. The molecule has 0 aliphatic rings. The predicted molar refractivity (Wildman–Crippen MR) is 159 cm³/mol. The molecule has 4 aromatic heterocycles. The third kappa shape index (κ3) is 7.06. The van der Waals surface area contributed by atoms with Gasteiger partial charge in [0.05, 0.1) is 34.5 Å². The number of H-pyrrole nitrogens is 2. The zero-order valence-corrected chi connectivity index (χ0v) is 23.9. The average Bonchev–Trinajstić information content (AvgIpc) is 3.61. The lowest BCUT2D eigenvalue weighted by molar-refractivity contribution is -0.274. The van der Waals surface area contributed by atoms with Crippen LogP contribution in [0.5, 0.6) is 17.2 Å². The lowest BCUT2D eigenvalue weighted by atomic mass is 10.2. The van der Waals surface area contributed by atoms with Gasteiger partial charge in [0.2, 0.25) is 0 Å². The zero-order chi connectivity index (χ0) is 30.7. The first kappa shape index (κ1) is 28.9. The van der Waals surface area contributed by atoms with E-state index in [1.54, 1.807) is 24.5 Å². The van der Waals surface area contributed by atoms with Crippen LogP contribution in [0.1, 0.15) is 5.56 Å². The van der Waals surface area contributed by atoms with Gasteiger partial charge in [-0.1, -0.05) is 6.07 Å². The Hall–Kier alpha value is -5.17. The fourth-order valence-electron chi connectivity index (χ4n) is 4.51. The van der Waals surface area contributed by atoms with Crippen LogP contribution in [-0.2, 0) is 0 Å². The Bertz CT molecular complexity index is 1870. The number of rotatable bonds is 11. The molecule has 0 bridgehead atoms. The van der Waals surface area contributed by atoms with Crippen molar-refractivity contribution >= 4 is 22.1 Å². The van der Waals surface area contributed by atoms with Gasteiger partial charge in [0, 0.05) is 19.2 Å². The van der Waals surface area contributed by atoms with E-state index in [0.29, 0.717) is 66.2 Å². The molecule has 0 radical (unpaired) electrons. The van der Waals surface area contributed by atoms with Crippen molar-refractivity contribution in [1.82, 2.24) is 34.8 Å². The van der Waals surface area contributed by atoms with Crippen molar-refractivity contribution in [1.29, 1.82) is 0 Å². The van der Waals surface area contributed by atoms with Gasteiger partial charge in [-0.3, -0.25) is 4.90 Å². The van der Waals surface area contributed by atoms with Crippen molar-refractivity contribution in [3.8, 4) is 40.3 Å². The molecule has 0 aliphatic carbocycles. The van der Waals surface area contributed by atoms with Crippen molar-refractivity contribution in [3.05, 3.63) is 78.6 Å². The number of imidazole rings is 2. The van der Waals surface area contributed by atoms with Crippen molar-refractivity contribution < 1.29 is 27.4 Å². The smallest absolute Gasteiger partial charge is 0.491 e.